The van der Waals surface area contributed by atoms with E-state index in [1.165, 1.54) is 0 Å². The number of hydrogen-bond donors (Lipinski definition) is 2. The van der Waals surface area contributed by atoms with Crippen molar-refractivity contribution in [1.29, 1.82) is 0 Å². The van der Waals surface area contributed by atoms with Gasteiger partial charge in [-0.3, -0.25) is 5.43 Å². The fourth-order valence-corrected chi connectivity index (χ4v) is 0.969. The van der Waals surface area contributed by atoms with Gasteiger partial charge in [0.1, 0.15) is 0 Å². The molecule has 0 radical (unpaired) electrons. The van der Waals surface area contributed by atoms with Gasteiger partial charge in [-0.05, 0) is 27.7 Å². The number of hydrogen-bond acceptors (Lipinski definition) is 7. The molecule has 1 rings (SSSR count). The fourth-order valence-electron chi connectivity index (χ4n) is 0.969. The fraction of sp³-hybridized carbons (Fsp3) is 0.545. The number of nitrogens with two attached hydrogens (primary N) is 1. The maximum Gasteiger partial charge on any atom is 0.325 e. The average molecular weight is 251 g/mol. The predicted molar refractivity (Wildman–Crippen MR) is 66.9 cm³/mol. The van der Waals surface area contributed by atoms with Crippen molar-refractivity contribution < 1.29 is 9.47 Å². The molecule has 1 heterocycles. The lowest BCUT2D eigenvalue weighted by Gasteiger charge is -2.19. The Hall–Kier alpha value is -2.07. The number of hydrazine groups is 1. The first kappa shape index (κ1) is 14.0. The molecular formula is C11H17N5O2. The highest BCUT2D eigenvalue weighted by Gasteiger charge is 2.19. The second-order valence-electron chi connectivity index (χ2n) is 4.29. The molecule has 7 nitrogen and oxygen atoms in total. The van der Waals surface area contributed by atoms with Crippen LogP contribution >= 0.6 is 0 Å². The zero-order chi connectivity index (χ0) is 13.8. The van der Waals surface area contributed by atoms with Gasteiger partial charge in [0.25, 0.3) is 0 Å². The van der Waals surface area contributed by atoms with Crippen LogP contribution in [0.1, 0.15) is 27.7 Å². The van der Waals surface area contributed by atoms with Gasteiger partial charge < -0.3 is 9.47 Å². The van der Waals surface area contributed by atoms with E-state index in [-0.39, 0.29) is 24.1 Å². The van der Waals surface area contributed by atoms with Gasteiger partial charge in [0, 0.05) is 0 Å². The smallest absolute Gasteiger partial charge is 0.325 e. The topological polar surface area (TPSA) is 95.2 Å². The Balaban J connectivity index is 3.01. The zero-order valence-corrected chi connectivity index (χ0v) is 10.9. The highest BCUT2D eigenvalue weighted by Crippen LogP contribution is 2.17. The molecule has 0 aliphatic rings. The highest BCUT2D eigenvalue weighted by molar-refractivity contribution is 5.26. The molecule has 0 amide bonds. The van der Waals surface area contributed by atoms with Crippen molar-refractivity contribution in [1.82, 2.24) is 15.0 Å². The minimum absolute atomic E-state index is 0.0524. The molecule has 1 aromatic rings. The third kappa shape index (κ3) is 4.07. The van der Waals surface area contributed by atoms with Crippen molar-refractivity contribution in [2.75, 3.05) is 5.43 Å². The van der Waals surface area contributed by atoms with E-state index in [2.05, 4.69) is 26.3 Å². The van der Waals surface area contributed by atoms with Crippen molar-refractivity contribution in [3.63, 3.8) is 0 Å². The molecule has 98 valence electrons. The third-order valence-electron chi connectivity index (χ3n) is 1.76. The highest BCUT2D eigenvalue weighted by atomic mass is 16.5. The maximum absolute atomic E-state index is 5.44. The molecule has 3 N–H and O–H groups in total. The summed E-state index contributed by atoms with van der Waals surface area (Å²) in [7, 11) is 0. The summed E-state index contributed by atoms with van der Waals surface area (Å²) in [6, 6.07) is 0.173. The van der Waals surface area contributed by atoms with Crippen molar-refractivity contribution in [3.05, 3.63) is 0 Å². The van der Waals surface area contributed by atoms with Crippen LogP contribution < -0.4 is 20.7 Å². The van der Waals surface area contributed by atoms with E-state index in [4.69, 9.17) is 21.7 Å². The SMILES string of the molecule is C#CC(C)(C)Oc1nc(NN)nc(OC(C)C)n1. The largest absolute Gasteiger partial charge is 0.461 e. The van der Waals surface area contributed by atoms with Crippen molar-refractivity contribution in [2.24, 2.45) is 5.84 Å². The van der Waals surface area contributed by atoms with Gasteiger partial charge in [-0.25, -0.2) is 5.84 Å². The lowest BCUT2D eigenvalue weighted by atomic mass is 10.2. The summed E-state index contributed by atoms with van der Waals surface area (Å²) >= 11 is 0. The summed E-state index contributed by atoms with van der Waals surface area (Å²) in [5, 5.41) is 0. The minimum Gasteiger partial charge on any atom is -0.461 e. The Kier molecular flexibility index (Phi) is 4.28. The molecule has 7 heteroatoms. The van der Waals surface area contributed by atoms with Gasteiger partial charge in [-0.15, -0.1) is 11.4 Å². The second kappa shape index (κ2) is 5.51. The summed E-state index contributed by atoms with van der Waals surface area (Å²) in [4.78, 5) is 11.9. The molecule has 0 unspecified atom stereocenters. The van der Waals surface area contributed by atoms with E-state index >= 15 is 0 Å². The summed E-state index contributed by atoms with van der Waals surface area (Å²) in [6.45, 7) is 7.14. The summed E-state index contributed by atoms with van der Waals surface area (Å²) in [5.41, 5.74) is 1.48. The maximum atomic E-state index is 5.44. The van der Waals surface area contributed by atoms with Gasteiger partial charge in [-0.2, -0.15) is 9.97 Å². The number of anilines is 1. The van der Waals surface area contributed by atoms with Crippen LogP contribution in [0.4, 0.5) is 5.95 Å². The first-order valence-electron chi connectivity index (χ1n) is 5.42. The Morgan fingerprint density at radius 1 is 1.28 bits per heavy atom. The van der Waals surface area contributed by atoms with Crippen LogP contribution in [-0.4, -0.2) is 26.7 Å². The van der Waals surface area contributed by atoms with Crippen LogP contribution in [0, 0.1) is 12.3 Å². The number of nitrogens with one attached hydrogen (secondary N) is 1. The quantitative estimate of drug-likeness (QED) is 0.452. The van der Waals surface area contributed by atoms with Gasteiger partial charge in [0.2, 0.25) is 5.95 Å². The van der Waals surface area contributed by atoms with Crippen LogP contribution in [0.15, 0.2) is 0 Å². The molecule has 0 aromatic carbocycles. The first-order valence-corrected chi connectivity index (χ1v) is 5.42. The zero-order valence-electron chi connectivity index (χ0n) is 10.9. The van der Waals surface area contributed by atoms with Crippen LogP contribution in [0.5, 0.6) is 12.0 Å². The van der Waals surface area contributed by atoms with Gasteiger partial charge in [0.05, 0.1) is 6.10 Å². The van der Waals surface area contributed by atoms with Gasteiger partial charge >= 0.3 is 12.0 Å². The lowest BCUT2D eigenvalue weighted by molar-refractivity contribution is 0.149. The number of aromatic nitrogens is 3. The summed E-state index contributed by atoms with van der Waals surface area (Å²) in [6.07, 6.45) is 5.25. The first-order chi connectivity index (χ1) is 8.36. The molecule has 0 aliphatic carbocycles. The Labute approximate surface area is 106 Å². The molecule has 0 bridgehead atoms. The Morgan fingerprint density at radius 2 is 1.89 bits per heavy atom. The Morgan fingerprint density at radius 3 is 2.39 bits per heavy atom. The van der Waals surface area contributed by atoms with Gasteiger partial charge in [0.15, 0.2) is 5.60 Å². The van der Waals surface area contributed by atoms with Crippen LogP contribution in [0.2, 0.25) is 0 Å². The van der Waals surface area contributed by atoms with E-state index in [1.54, 1.807) is 13.8 Å². The monoisotopic (exact) mass is 251 g/mol. The summed E-state index contributed by atoms with van der Waals surface area (Å²) < 4.78 is 10.8. The number of ether oxygens (including phenoxy) is 2. The van der Waals surface area contributed by atoms with Crippen molar-refractivity contribution in [3.8, 4) is 24.4 Å². The van der Waals surface area contributed by atoms with Crippen LogP contribution in [0.25, 0.3) is 0 Å². The normalized spacial score (nSPS) is 10.9. The lowest BCUT2D eigenvalue weighted by Crippen LogP contribution is -2.27. The number of terminal acetylenes is 1. The molecule has 0 atom stereocenters. The standard InChI is InChI=1S/C11H17N5O2/c1-6-11(4,5)18-10-14-8(16-12)13-9(15-10)17-7(2)3/h1,7H,12H2,2-5H3,(H,13,14,15,16). The molecule has 0 saturated carbocycles. The van der Waals surface area contributed by atoms with E-state index in [0.29, 0.717) is 0 Å². The van der Waals surface area contributed by atoms with E-state index < -0.39 is 5.60 Å². The molecular weight excluding hydrogens is 234 g/mol. The molecule has 0 fully saturated rings. The molecule has 0 saturated heterocycles. The Bertz CT molecular complexity index is 453. The third-order valence-corrected chi connectivity index (χ3v) is 1.76. The summed E-state index contributed by atoms with van der Waals surface area (Å²) in [5.74, 6) is 7.87. The number of nitrogens with zero attached hydrogens (tertiary/aromatic N) is 3. The molecule has 0 aliphatic heterocycles. The average Bonchev–Trinajstić information content (AvgIpc) is 2.27. The molecule has 18 heavy (non-hydrogen) atoms. The van der Waals surface area contributed by atoms with Crippen molar-refractivity contribution in [2.45, 2.75) is 39.4 Å². The molecule has 0 spiro atoms. The minimum atomic E-state index is -0.831. The predicted octanol–water partition coefficient (Wildman–Crippen LogP) is 0.735. The van der Waals surface area contributed by atoms with Crippen molar-refractivity contribution >= 4 is 5.95 Å². The van der Waals surface area contributed by atoms with Crippen LogP contribution in [0.3, 0.4) is 0 Å². The van der Waals surface area contributed by atoms with E-state index in [1.807, 2.05) is 13.8 Å². The second-order valence-corrected chi connectivity index (χ2v) is 4.29. The van der Waals surface area contributed by atoms with E-state index in [0.717, 1.165) is 0 Å². The number of rotatable bonds is 5. The van der Waals surface area contributed by atoms with Gasteiger partial charge in [-0.1, -0.05) is 5.92 Å². The van der Waals surface area contributed by atoms with Crippen LogP contribution in [-0.2, 0) is 0 Å². The molecule has 1 aromatic heterocycles. The van der Waals surface area contributed by atoms with E-state index in [9.17, 15) is 0 Å². The number of nitrogen functional groups attached to an aromatic ring is 1.